The van der Waals surface area contributed by atoms with E-state index in [1.165, 1.54) is 0 Å². The van der Waals surface area contributed by atoms with Gasteiger partial charge in [0.15, 0.2) is 0 Å². The fourth-order valence-corrected chi connectivity index (χ4v) is 3.01. The van der Waals surface area contributed by atoms with Crippen LogP contribution in [0, 0.1) is 13.8 Å². The maximum Gasteiger partial charge on any atom is 0.254 e. The van der Waals surface area contributed by atoms with Crippen molar-refractivity contribution < 1.29 is 14.3 Å². The molecule has 1 aliphatic heterocycles. The van der Waals surface area contributed by atoms with Crippen LogP contribution in [0.4, 0.5) is 0 Å². The van der Waals surface area contributed by atoms with Crippen LogP contribution in [0.25, 0.3) is 0 Å². The second-order valence-corrected chi connectivity index (χ2v) is 6.09. The van der Waals surface area contributed by atoms with Crippen LogP contribution in [0.15, 0.2) is 24.3 Å². The average Bonchev–Trinajstić information content (AvgIpc) is 2.92. The molecule has 7 nitrogen and oxygen atoms in total. The Morgan fingerprint density at radius 1 is 1.40 bits per heavy atom. The molecule has 25 heavy (non-hydrogen) atoms. The molecule has 7 heteroatoms. The quantitative estimate of drug-likeness (QED) is 0.828. The summed E-state index contributed by atoms with van der Waals surface area (Å²) in [6.45, 7) is 8.53. The zero-order chi connectivity index (χ0) is 17.8. The highest BCUT2D eigenvalue weighted by atomic mass is 16.5. The molecule has 0 aliphatic carbocycles. The molecule has 2 aromatic rings. The molecule has 0 N–H and O–H groups in total. The van der Waals surface area contributed by atoms with Crippen molar-refractivity contribution in [2.45, 2.75) is 33.4 Å². The fraction of sp³-hybridized carbons (Fsp3) is 0.500. The van der Waals surface area contributed by atoms with Crippen LogP contribution in [0.1, 0.15) is 28.9 Å². The maximum atomic E-state index is 12.8. The Kier molecular flexibility index (Phi) is 5.33. The van der Waals surface area contributed by atoms with Gasteiger partial charge in [0, 0.05) is 18.7 Å². The Labute approximate surface area is 147 Å². The van der Waals surface area contributed by atoms with Crippen LogP contribution in [0.2, 0.25) is 0 Å². The first-order valence-corrected chi connectivity index (χ1v) is 8.58. The number of amides is 1. The third kappa shape index (κ3) is 4.17. The van der Waals surface area contributed by atoms with Gasteiger partial charge in [-0.2, -0.15) is 5.10 Å². The van der Waals surface area contributed by atoms with Crippen LogP contribution in [-0.4, -0.2) is 58.0 Å². The van der Waals surface area contributed by atoms with E-state index in [4.69, 9.17) is 9.47 Å². The standard InChI is InChI=1S/C18H24N4O3/c1-4-24-16-7-5-6-15(10-16)18(23)21-8-9-25-17(11-21)12-22-14(3)19-13(2)20-22/h5-7,10,17H,4,8-9,11-12H2,1-3H3. The first kappa shape index (κ1) is 17.4. The Balaban J connectivity index is 1.67. The fourth-order valence-electron chi connectivity index (χ4n) is 3.01. The first-order valence-electron chi connectivity index (χ1n) is 8.58. The summed E-state index contributed by atoms with van der Waals surface area (Å²) in [5.41, 5.74) is 0.638. The number of carbonyl (C=O) groups is 1. The van der Waals surface area contributed by atoms with Gasteiger partial charge in [-0.1, -0.05) is 6.07 Å². The van der Waals surface area contributed by atoms with E-state index in [-0.39, 0.29) is 12.0 Å². The molecule has 3 rings (SSSR count). The molecule has 1 atom stereocenters. The lowest BCUT2D eigenvalue weighted by molar-refractivity contribution is -0.0303. The van der Waals surface area contributed by atoms with E-state index in [0.717, 1.165) is 11.6 Å². The van der Waals surface area contributed by atoms with Gasteiger partial charge < -0.3 is 14.4 Å². The van der Waals surface area contributed by atoms with E-state index in [2.05, 4.69) is 10.1 Å². The molecule has 2 heterocycles. The van der Waals surface area contributed by atoms with E-state index >= 15 is 0 Å². The molecule has 0 spiro atoms. The van der Waals surface area contributed by atoms with Gasteiger partial charge in [-0.25, -0.2) is 9.67 Å². The van der Waals surface area contributed by atoms with Crippen molar-refractivity contribution in [1.82, 2.24) is 19.7 Å². The van der Waals surface area contributed by atoms with Gasteiger partial charge in [-0.05, 0) is 39.0 Å². The van der Waals surface area contributed by atoms with Gasteiger partial charge in [0.2, 0.25) is 0 Å². The zero-order valence-electron chi connectivity index (χ0n) is 14.9. The lowest BCUT2D eigenvalue weighted by atomic mass is 10.1. The van der Waals surface area contributed by atoms with Crippen LogP contribution in [-0.2, 0) is 11.3 Å². The number of nitrogens with zero attached hydrogens (tertiary/aromatic N) is 4. The number of carbonyl (C=O) groups excluding carboxylic acids is 1. The molecule has 1 aromatic carbocycles. The smallest absolute Gasteiger partial charge is 0.254 e. The predicted octanol–water partition coefficient (Wildman–Crippen LogP) is 1.83. The highest BCUT2D eigenvalue weighted by molar-refractivity contribution is 5.94. The summed E-state index contributed by atoms with van der Waals surface area (Å²) in [5, 5.41) is 4.37. The minimum atomic E-state index is -0.0902. The van der Waals surface area contributed by atoms with Gasteiger partial charge in [-0.15, -0.1) is 0 Å². The lowest BCUT2D eigenvalue weighted by Gasteiger charge is -2.33. The predicted molar refractivity (Wildman–Crippen MR) is 92.8 cm³/mol. The number of aryl methyl sites for hydroxylation is 2. The number of morpholine rings is 1. The molecular formula is C18H24N4O3. The van der Waals surface area contributed by atoms with Crippen molar-refractivity contribution in [1.29, 1.82) is 0 Å². The van der Waals surface area contributed by atoms with E-state index in [9.17, 15) is 4.79 Å². The largest absolute Gasteiger partial charge is 0.494 e. The molecule has 1 amide bonds. The van der Waals surface area contributed by atoms with Crippen molar-refractivity contribution in [2.75, 3.05) is 26.3 Å². The van der Waals surface area contributed by atoms with Crippen molar-refractivity contribution >= 4 is 5.91 Å². The SMILES string of the molecule is CCOc1cccc(C(=O)N2CCOC(Cn3nc(C)nc3C)C2)c1. The second-order valence-electron chi connectivity index (χ2n) is 6.09. The van der Waals surface area contributed by atoms with Crippen LogP contribution in [0.5, 0.6) is 5.75 Å². The number of hydrogen-bond donors (Lipinski definition) is 0. The van der Waals surface area contributed by atoms with Gasteiger partial charge in [-0.3, -0.25) is 4.79 Å². The average molecular weight is 344 g/mol. The van der Waals surface area contributed by atoms with Gasteiger partial charge >= 0.3 is 0 Å². The molecule has 1 fully saturated rings. The summed E-state index contributed by atoms with van der Waals surface area (Å²) in [7, 11) is 0. The first-order chi connectivity index (χ1) is 12.1. The molecule has 0 saturated carbocycles. The minimum Gasteiger partial charge on any atom is -0.494 e. The molecule has 1 unspecified atom stereocenters. The monoisotopic (exact) mass is 344 g/mol. The lowest BCUT2D eigenvalue weighted by Crippen LogP contribution is -2.47. The van der Waals surface area contributed by atoms with Crippen LogP contribution >= 0.6 is 0 Å². The van der Waals surface area contributed by atoms with E-state index in [1.54, 1.807) is 6.07 Å². The summed E-state index contributed by atoms with van der Waals surface area (Å²) in [5.74, 6) is 2.32. The highest BCUT2D eigenvalue weighted by Gasteiger charge is 2.26. The second kappa shape index (κ2) is 7.65. The van der Waals surface area contributed by atoms with E-state index in [0.29, 0.717) is 44.2 Å². The molecule has 0 bridgehead atoms. The Hall–Kier alpha value is -2.41. The van der Waals surface area contributed by atoms with Gasteiger partial charge in [0.25, 0.3) is 5.91 Å². The molecule has 0 radical (unpaired) electrons. The van der Waals surface area contributed by atoms with Crippen LogP contribution in [0.3, 0.4) is 0 Å². The van der Waals surface area contributed by atoms with Crippen LogP contribution < -0.4 is 4.74 Å². The third-order valence-electron chi connectivity index (χ3n) is 4.16. The summed E-state index contributed by atoms with van der Waals surface area (Å²) in [6.07, 6.45) is -0.0902. The summed E-state index contributed by atoms with van der Waals surface area (Å²) in [6, 6.07) is 7.32. The maximum absolute atomic E-state index is 12.8. The Morgan fingerprint density at radius 3 is 2.96 bits per heavy atom. The molecule has 1 saturated heterocycles. The number of benzene rings is 1. The summed E-state index contributed by atoms with van der Waals surface area (Å²) in [4.78, 5) is 18.9. The molecule has 1 aliphatic rings. The van der Waals surface area contributed by atoms with E-state index < -0.39 is 0 Å². The molecule has 134 valence electrons. The number of ether oxygens (including phenoxy) is 2. The van der Waals surface area contributed by atoms with Gasteiger partial charge in [0.05, 0.1) is 25.9 Å². The van der Waals surface area contributed by atoms with Crippen molar-refractivity contribution in [2.24, 2.45) is 0 Å². The van der Waals surface area contributed by atoms with Crippen molar-refractivity contribution in [3.63, 3.8) is 0 Å². The zero-order valence-corrected chi connectivity index (χ0v) is 14.9. The molecule has 1 aromatic heterocycles. The normalized spacial score (nSPS) is 17.6. The Morgan fingerprint density at radius 2 is 2.24 bits per heavy atom. The Bertz CT molecular complexity index is 744. The topological polar surface area (TPSA) is 69.5 Å². The summed E-state index contributed by atoms with van der Waals surface area (Å²) < 4.78 is 13.1. The van der Waals surface area contributed by atoms with Crippen molar-refractivity contribution in [3.05, 3.63) is 41.5 Å². The van der Waals surface area contributed by atoms with Gasteiger partial charge in [0.1, 0.15) is 17.4 Å². The number of aromatic nitrogens is 3. The third-order valence-corrected chi connectivity index (χ3v) is 4.16. The van der Waals surface area contributed by atoms with E-state index in [1.807, 2.05) is 48.6 Å². The molecular weight excluding hydrogens is 320 g/mol. The highest BCUT2D eigenvalue weighted by Crippen LogP contribution is 2.17. The number of hydrogen-bond acceptors (Lipinski definition) is 5. The number of rotatable bonds is 5. The minimum absolute atomic E-state index is 0.00125. The van der Waals surface area contributed by atoms with Crippen molar-refractivity contribution in [3.8, 4) is 5.75 Å². The summed E-state index contributed by atoms with van der Waals surface area (Å²) >= 11 is 0.